The van der Waals surface area contributed by atoms with E-state index in [0.29, 0.717) is 30.7 Å². The fourth-order valence-corrected chi connectivity index (χ4v) is 1.28. The molecule has 0 saturated heterocycles. The molecule has 0 unspecified atom stereocenters. The lowest BCUT2D eigenvalue weighted by atomic mass is 10.4. The van der Waals surface area contributed by atoms with E-state index in [1.807, 2.05) is 6.92 Å². The van der Waals surface area contributed by atoms with Crippen molar-refractivity contribution in [3.63, 3.8) is 0 Å². The van der Waals surface area contributed by atoms with Crippen LogP contribution in [0.4, 0.5) is 5.82 Å². The minimum atomic E-state index is 0.443. The minimum absolute atomic E-state index is 0.443. The molecule has 0 amide bonds. The number of nitrogens with zero attached hydrogens (tertiary/aromatic N) is 2. The van der Waals surface area contributed by atoms with Crippen LogP contribution in [-0.2, 0) is 11.2 Å². The third-order valence-electron chi connectivity index (χ3n) is 2.20. The summed E-state index contributed by atoms with van der Waals surface area (Å²) >= 11 is 0. The van der Waals surface area contributed by atoms with Crippen molar-refractivity contribution < 1.29 is 9.47 Å². The van der Waals surface area contributed by atoms with Gasteiger partial charge >= 0.3 is 0 Å². The zero-order valence-electron chi connectivity index (χ0n) is 10.6. The zero-order valence-corrected chi connectivity index (χ0v) is 10.6. The first-order chi connectivity index (χ1) is 8.26. The quantitative estimate of drug-likeness (QED) is 0.701. The molecule has 1 heterocycles. The van der Waals surface area contributed by atoms with Gasteiger partial charge in [0, 0.05) is 19.1 Å². The Bertz CT molecular complexity index is 332. The monoisotopic (exact) mass is 239 g/mol. The van der Waals surface area contributed by atoms with E-state index in [-0.39, 0.29) is 0 Å². The lowest BCUT2D eigenvalue weighted by Gasteiger charge is -2.07. The summed E-state index contributed by atoms with van der Waals surface area (Å²) in [6.45, 7) is 5.96. The van der Waals surface area contributed by atoms with Gasteiger partial charge in [0.2, 0.25) is 5.88 Å². The average Bonchev–Trinajstić information content (AvgIpc) is 2.33. The molecule has 2 N–H and O–H groups in total. The number of nitrogens with two attached hydrogens (primary N) is 1. The van der Waals surface area contributed by atoms with Gasteiger partial charge < -0.3 is 15.2 Å². The second-order valence-electron chi connectivity index (χ2n) is 3.72. The van der Waals surface area contributed by atoms with E-state index in [2.05, 4.69) is 16.9 Å². The molecule has 1 aromatic rings. The summed E-state index contributed by atoms with van der Waals surface area (Å²) in [5.74, 6) is 1.67. The van der Waals surface area contributed by atoms with Crippen molar-refractivity contribution in [2.24, 2.45) is 0 Å². The summed E-state index contributed by atoms with van der Waals surface area (Å²) in [6, 6.07) is 1.63. The van der Waals surface area contributed by atoms with Gasteiger partial charge in [-0.2, -0.15) is 4.98 Å². The molecular weight excluding hydrogens is 218 g/mol. The van der Waals surface area contributed by atoms with Gasteiger partial charge in [0.05, 0.1) is 6.61 Å². The number of hydrogen-bond donors (Lipinski definition) is 1. The average molecular weight is 239 g/mol. The van der Waals surface area contributed by atoms with E-state index in [0.717, 1.165) is 25.9 Å². The second kappa shape index (κ2) is 7.84. The van der Waals surface area contributed by atoms with Crippen molar-refractivity contribution in [1.82, 2.24) is 9.97 Å². The Morgan fingerprint density at radius 3 is 2.71 bits per heavy atom. The molecule has 0 fully saturated rings. The summed E-state index contributed by atoms with van der Waals surface area (Å²) in [5.41, 5.74) is 5.64. The van der Waals surface area contributed by atoms with Gasteiger partial charge in [0.1, 0.15) is 18.2 Å². The number of aryl methyl sites for hydroxylation is 1. The molecule has 0 aliphatic heterocycles. The summed E-state index contributed by atoms with van der Waals surface area (Å²) in [7, 11) is 0. The number of unbranched alkanes of at least 4 members (excludes halogenated alkanes) is 1. The summed E-state index contributed by atoms with van der Waals surface area (Å²) in [4.78, 5) is 8.29. The minimum Gasteiger partial charge on any atom is -0.475 e. The van der Waals surface area contributed by atoms with Crippen LogP contribution in [0.25, 0.3) is 0 Å². The number of rotatable bonds is 8. The Morgan fingerprint density at radius 1 is 1.18 bits per heavy atom. The molecule has 0 aliphatic rings. The largest absolute Gasteiger partial charge is 0.475 e. The third-order valence-corrected chi connectivity index (χ3v) is 2.20. The highest BCUT2D eigenvalue weighted by atomic mass is 16.5. The standard InChI is InChI=1S/C12H21N3O2/c1-3-5-6-16-7-8-17-12-9-10(13)14-11(4-2)15-12/h9H,3-8H2,1-2H3,(H2,13,14,15). The first-order valence-electron chi connectivity index (χ1n) is 6.10. The SMILES string of the molecule is CCCCOCCOc1cc(N)nc(CC)n1. The molecule has 0 aromatic carbocycles. The highest BCUT2D eigenvalue weighted by molar-refractivity contribution is 5.32. The summed E-state index contributed by atoms with van der Waals surface area (Å²) in [5, 5.41) is 0. The Hall–Kier alpha value is -1.36. The fraction of sp³-hybridized carbons (Fsp3) is 0.667. The Balaban J connectivity index is 2.28. The number of hydrogen-bond acceptors (Lipinski definition) is 5. The molecule has 0 aliphatic carbocycles. The Labute approximate surface area is 102 Å². The predicted molar refractivity (Wildman–Crippen MR) is 67.0 cm³/mol. The first kappa shape index (κ1) is 13.7. The number of anilines is 1. The van der Waals surface area contributed by atoms with E-state index in [9.17, 15) is 0 Å². The lowest BCUT2D eigenvalue weighted by Crippen LogP contribution is -2.09. The van der Waals surface area contributed by atoms with E-state index >= 15 is 0 Å². The molecule has 0 radical (unpaired) electrons. The van der Waals surface area contributed by atoms with Gasteiger partial charge in [-0.05, 0) is 6.42 Å². The van der Waals surface area contributed by atoms with Gasteiger partial charge in [-0.1, -0.05) is 20.3 Å². The lowest BCUT2D eigenvalue weighted by molar-refractivity contribution is 0.0964. The van der Waals surface area contributed by atoms with Crippen molar-refractivity contribution in [1.29, 1.82) is 0 Å². The van der Waals surface area contributed by atoms with Crippen molar-refractivity contribution >= 4 is 5.82 Å². The van der Waals surface area contributed by atoms with Gasteiger partial charge in [-0.3, -0.25) is 0 Å². The zero-order chi connectivity index (χ0) is 12.5. The molecule has 0 bridgehead atoms. The second-order valence-corrected chi connectivity index (χ2v) is 3.72. The maximum Gasteiger partial charge on any atom is 0.218 e. The van der Waals surface area contributed by atoms with Gasteiger partial charge in [-0.25, -0.2) is 4.98 Å². The maximum absolute atomic E-state index is 5.64. The molecule has 5 nitrogen and oxygen atoms in total. The fourth-order valence-electron chi connectivity index (χ4n) is 1.28. The van der Waals surface area contributed by atoms with E-state index < -0.39 is 0 Å². The van der Waals surface area contributed by atoms with Crippen molar-refractivity contribution in [2.45, 2.75) is 33.1 Å². The molecule has 17 heavy (non-hydrogen) atoms. The molecule has 0 spiro atoms. The molecule has 0 saturated carbocycles. The predicted octanol–water partition coefficient (Wildman–Crippen LogP) is 1.82. The van der Waals surface area contributed by atoms with Gasteiger partial charge in [0.15, 0.2) is 0 Å². The van der Waals surface area contributed by atoms with E-state index in [4.69, 9.17) is 15.2 Å². The molecule has 1 rings (SSSR count). The number of ether oxygens (including phenoxy) is 2. The van der Waals surface area contributed by atoms with Crippen LogP contribution >= 0.6 is 0 Å². The highest BCUT2D eigenvalue weighted by Gasteiger charge is 2.01. The number of nitrogen functional groups attached to an aromatic ring is 1. The van der Waals surface area contributed by atoms with Crippen LogP contribution in [0.1, 0.15) is 32.5 Å². The number of aromatic nitrogens is 2. The van der Waals surface area contributed by atoms with Crippen LogP contribution in [0.3, 0.4) is 0 Å². The molecule has 0 atom stereocenters. The molecule has 96 valence electrons. The van der Waals surface area contributed by atoms with Gasteiger partial charge in [0.25, 0.3) is 0 Å². The van der Waals surface area contributed by atoms with Crippen molar-refractivity contribution in [3.05, 3.63) is 11.9 Å². The van der Waals surface area contributed by atoms with Crippen LogP contribution in [0.2, 0.25) is 0 Å². The van der Waals surface area contributed by atoms with Crippen molar-refractivity contribution in [2.75, 3.05) is 25.6 Å². The van der Waals surface area contributed by atoms with Crippen LogP contribution in [0.5, 0.6) is 5.88 Å². The van der Waals surface area contributed by atoms with Gasteiger partial charge in [-0.15, -0.1) is 0 Å². The first-order valence-corrected chi connectivity index (χ1v) is 6.10. The summed E-state index contributed by atoms with van der Waals surface area (Å²) in [6.07, 6.45) is 2.97. The maximum atomic E-state index is 5.64. The van der Waals surface area contributed by atoms with E-state index in [1.54, 1.807) is 6.07 Å². The van der Waals surface area contributed by atoms with Crippen LogP contribution in [0.15, 0.2) is 6.07 Å². The van der Waals surface area contributed by atoms with E-state index in [1.165, 1.54) is 0 Å². The topological polar surface area (TPSA) is 70.3 Å². The highest BCUT2D eigenvalue weighted by Crippen LogP contribution is 2.10. The Morgan fingerprint density at radius 2 is 2.00 bits per heavy atom. The van der Waals surface area contributed by atoms with Crippen LogP contribution < -0.4 is 10.5 Å². The Kier molecular flexibility index (Phi) is 6.32. The molecule has 5 heteroatoms. The molecule has 1 aromatic heterocycles. The van der Waals surface area contributed by atoms with Crippen LogP contribution in [0, 0.1) is 0 Å². The normalized spacial score (nSPS) is 10.5. The summed E-state index contributed by atoms with van der Waals surface area (Å²) < 4.78 is 10.8. The van der Waals surface area contributed by atoms with Crippen molar-refractivity contribution in [3.8, 4) is 5.88 Å². The van der Waals surface area contributed by atoms with Crippen LogP contribution in [-0.4, -0.2) is 29.8 Å². The third kappa shape index (κ3) is 5.49. The smallest absolute Gasteiger partial charge is 0.218 e. The molecular formula is C12H21N3O2.